The molecule has 2 heterocycles. The van der Waals surface area contributed by atoms with E-state index in [1.165, 1.54) is 0 Å². The van der Waals surface area contributed by atoms with E-state index in [9.17, 15) is 4.79 Å². The van der Waals surface area contributed by atoms with Crippen LogP contribution in [0.5, 0.6) is 0 Å². The van der Waals surface area contributed by atoms with Crippen molar-refractivity contribution in [3.8, 4) is 0 Å². The molecule has 3 aromatic rings. The number of carbonyl (C=O) groups excluding carboxylic acids is 1. The number of carbonyl (C=O) groups is 1. The van der Waals surface area contributed by atoms with Gasteiger partial charge in [-0.2, -0.15) is 5.10 Å². The second kappa shape index (κ2) is 7.52. The predicted octanol–water partition coefficient (Wildman–Crippen LogP) is 3.78. The quantitative estimate of drug-likeness (QED) is 0.705. The molecule has 0 saturated carbocycles. The van der Waals surface area contributed by atoms with Gasteiger partial charge in [-0.25, -0.2) is 0 Å². The van der Waals surface area contributed by atoms with Crippen molar-refractivity contribution in [3.63, 3.8) is 0 Å². The van der Waals surface area contributed by atoms with Gasteiger partial charge in [0.25, 0.3) is 5.91 Å². The molecule has 0 N–H and O–H groups in total. The summed E-state index contributed by atoms with van der Waals surface area (Å²) in [5.41, 5.74) is 4.93. The normalized spacial score (nSPS) is 12.0. The Morgan fingerprint density at radius 2 is 1.88 bits per heavy atom. The van der Waals surface area contributed by atoms with Gasteiger partial charge in [-0.3, -0.25) is 14.5 Å². The summed E-state index contributed by atoms with van der Waals surface area (Å²) in [7, 11) is 1.83. The second-order valence-electron chi connectivity index (χ2n) is 6.66. The van der Waals surface area contributed by atoms with Gasteiger partial charge in [0.05, 0.1) is 18.3 Å². The maximum absolute atomic E-state index is 12.9. The number of nitrogens with zero attached hydrogens (tertiary/aromatic N) is 4. The SMILES string of the molecule is Cc1cc(C)n(Cc2cccc(C(=O)N(C)[C@@H](C)c3ccncc3)c2)n1. The molecule has 0 radical (unpaired) electrons. The lowest BCUT2D eigenvalue weighted by atomic mass is 10.1. The number of aromatic nitrogens is 3. The van der Waals surface area contributed by atoms with Gasteiger partial charge >= 0.3 is 0 Å². The highest BCUT2D eigenvalue weighted by Gasteiger charge is 2.19. The zero-order valence-corrected chi connectivity index (χ0v) is 15.7. The van der Waals surface area contributed by atoms with Crippen LogP contribution < -0.4 is 0 Å². The molecule has 0 aliphatic heterocycles. The van der Waals surface area contributed by atoms with Gasteiger partial charge in [-0.15, -0.1) is 0 Å². The number of benzene rings is 1. The largest absolute Gasteiger partial charge is 0.335 e. The summed E-state index contributed by atoms with van der Waals surface area (Å²) < 4.78 is 1.96. The highest BCUT2D eigenvalue weighted by atomic mass is 16.2. The summed E-state index contributed by atoms with van der Waals surface area (Å²) in [6.07, 6.45) is 3.50. The molecule has 5 nitrogen and oxygen atoms in total. The number of rotatable bonds is 5. The molecule has 0 fully saturated rings. The molecule has 0 aliphatic rings. The van der Waals surface area contributed by atoms with Gasteiger partial charge in [0.15, 0.2) is 0 Å². The number of hydrogen-bond acceptors (Lipinski definition) is 3. The Hall–Kier alpha value is -2.95. The lowest BCUT2D eigenvalue weighted by Gasteiger charge is -2.25. The summed E-state index contributed by atoms with van der Waals surface area (Å²) in [4.78, 5) is 18.7. The maximum atomic E-state index is 12.9. The van der Waals surface area contributed by atoms with Crippen molar-refractivity contribution in [2.75, 3.05) is 7.05 Å². The highest BCUT2D eigenvalue weighted by molar-refractivity contribution is 5.94. The monoisotopic (exact) mass is 348 g/mol. The second-order valence-corrected chi connectivity index (χ2v) is 6.66. The summed E-state index contributed by atoms with van der Waals surface area (Å²) in [6, 6.07) is 13.7. The van der Waals surface area contributed by atoms with Gasteiger partial charge in [-0.1, -0.05) is 12.1 Å². The molecule has 1 amide bonds. The zero-order valence-electron chi connectivity index (χ0n) is 15.7. The first-order valence-corrected chi connectivity index (χ1v) is 8.73. The number of hydrogen-bond donors (Lipinski definition) is 0. The molecule has 26 heavy (non-hydrogen) atoms. The van der Waals surface area contributed by atoms with E-state index in [-0.39, 0.29) is 11.9 Å². The van der Waals surface area contributed by atoms with E-state index in [1.807, 2.05) is 68.9 Å². The first kappa shape index (κ1) is 17.9. The van der Waals surface area contributed by atoms with E-state index in [2.05, 4.69) is 16.1 Å². The standard InChI is InChI=1S/C21H24N4O/c1-15-12-16(2)25(23-15)14-18-6-5-7-20(13-18)21(26)24(4)17(3)19-8-10-22-11-9-19/h5-13,17H,14H2,1-4H3/t17-/m0/s1. The van der Waals surface area contributed by atoms with Crippen LogP contribution in [0, 0.1) is 13.8 Å². The molecule has 1 aromatic carbocycles. The molecule has 3 rings (SSSR count). The fourth-order valence-corrected chi connectivity index (χ4v) is 3.06. The molecule has 0 aliphatic carbocycles. The van der Waals surface area contributed by atoms with Crippen LogP contribution >= 0.6 is 0 Å². The summed E-state index contributed by atoms with van der Waals surface area (Å²) >= 11 is 0. The molecule has 0 bridgehead atoms. The molecule has 0 unspecified atom stereocenters. The van der Waals surface area contributed by atoms with Crippen LogP contribution in [0.2, 0.25) is 0 Å². The van der Waals surface area contributed by atoms with Gasteiger partial charge in [0, 0.05) is 30.7 Å². The Bertz CT molecular complexity index is 901. The third-order valence-electron chi connectivity index (χ3n) is 4.70. The van der Waals surface area contributed by atoms with E-state index in [0.29, 0.717) is 12.1 Å². The molecule has 134 valence electrons. The molecular formula is C21H24N4O. The van der Waals surface area contributed by atoms with E-state index >= 15 is 0 Å². The number of pyridine rings is 1. The first-order valence-electron chi connectivity index (χ1n) is 8.73. The number of aryl methyl sites for hydroxylation is 2. The third-order valence-corrected chi connectivity index (χ3v) is 4.70. The van der Waals surface area contributed by atoms with Gasteiger partial charge in [-0.05, 0) is 62.2 Å². The van der Waals surface area contributed by atoms with Crippen molar-refractivity contribution in [2.24, 2.45) is 0 Å². The Balaban J connectivity index is 1.78. The van der Waals surface area contributed by atoms with Crippen molar-refractivity contribution in [3.05, 3.63) is 82.9 Å². The first-order chi connectivity index (χ1) is 12.5. The average Bonchev–Trinajstić information content (AvgIpc) is 2.97. The van der Waals surface area contributed by atoms with E-state index < -0.39 is 0 Å². The lowest BCUT2D eigenvalue weighted by Crippen LogP contribution is -2.29. The minimum Gasteiger partial charge on any atom is -0.335 e. The third kappa shape index (κ3) is 3.82. The van der Waals surface area contributed by atoms with E-state index in [4.69, 9.17) is 0 Å². The Labute approximate surface area is 154 Å². The summed E-state index contributed by atoms with van der Waals surface area (Å²) in [6.45, 7) is 6.70. The maximum Gasteiger partial charge on any atom is 0.254 e. The fraction of sp³-hybridized carbons (Fsp3) is 0.286. The van der Waals surface area contributed by atoms with Gasteiger partial charge in [0.1, 0.15) is 0 Å². The van der Waals surface area contributed by atoms with Crippen LogP contribution in [0.25, 0.3) is 0 Å². The minimum atomic E-state index is -0.0230. The van der Waals surface area contributed by atoms with Crippen LogP contribution in [0.15, 0.2) is 54.9 Å². The summed E-state index contributed by atoms with van der Waals surface area (Å²) in [5.74, 6) is 0.00419. The molecule has 5 heteroatoms. The van der Waals surface area contributed by atoms with Crippen LogP contribution in [0.1, 0.15) is 45.8 Å². The molecular weight excluding hydrogens is 324 g/mol. The van der Waals surface area contributed by atoms with E-state index in [1.54, 1.807) is 17.3 Å². The zero-order chi connectivity index (χ0) is 18.7. The molecule has 0 saturated heterocycles. The lowest BCUT2D eigenvalue weighted by molar-refractivity contribution is 0.0742. The van der Waals surface area contributed by atoms with E-state index in [0.717, 1.165) is 22.5 Å². The Morgan fingerprint density at radius 3 is 2.54 bits per heavy atom. The molecule has 0 spiro atoms. The van der Waals surface area contributed by atoms with Crippen LogP contribution in [-0.2, 0) is 6.54 Å². The molecule has 2 aromatic heterocycles. The van der Waals surface area contributed by atoms with Gasteiger partial charge < -0.3 is 4.90 Å². The predicted molar refractivity (Wildman–Crippen MR) is 102 cm³/mol. The van der Waals surface area contributed by atoms with Crippen LogP contribution in [-0.4, -0.2) is 32.6 Å². The smallest absolute Gasteiger partial charge is 0.254 e. The Morgan fingerprint density at radius 1 is 1.15 bits per heavy atom. The minimum absolute atomic E-state index is 0.00419. The van der Waals surface area contributed by atoms with Crippen molar-refractivity contribution < 1.29 is 4.79 Å². The van der Waals surface area contributed by atoms with Crippen LogP contribution in [0.3, 0.4) is 0 Å². The highest BCUT2D eigenvalue weighted by Crippen LogP contribution is 2.20. The molecule has 1 atom stereocenters. The van der Waals surface area contributed by atoms with Crippen LogP contribution in [0.4, 0.5) is 0 Å². The van der Waals surface area contributed by atoms with Gasteiger partial charge in [0.2, 0.25) is 0 Å². The van der Waals surface area contributed by atoms with Crippen molar-refractivity contribution in [1.82, 2.24) is 19.7 Å². The topological polar surface area (TPSA) is 51.0 Å². The van der Waals surface area contributed by atoms with Crippen molar-refractivity contribution >= 4 is 5.91 Å². The Kier molecular flexibility index (Phi) is 5.16. The van der Waals surface area contributed by atoms with Crippen molar-refractivity contribution in [1.29, 1.82) is 0 Å². The summed E-state index contributed by atoms with van der Waals surface area (Å²) in [5, 5.41) is 4.50. The number of amides is 1. The average molecular weight is 348 g/mol. The van der Waals surface area contributed by atoms with Crippen molar-refractivity contribution in [2.45, 2.75) is 33.4 Å². The fourth-order valence-electron chi connectivity index (χ4n) is 3.06.